The van der Waals surface area contributed by atoms with E-state index < -0.39 is 5.97 Å². The van der Waals surface area contributed by atoms with Crippen molar-refractivity contribution in [2.45, 2.75) is 19.8 Å². The van der Waals surface area contributed by atoms with Crippen LogP contribution < -0.4 is 5.56 Å². The zero-order valence-corrected chi connectivity index (χ0v) is 16.7. The lowest BCUT2D eigenvalue weighted by Gasteiger charge is -2.14. The van der Waals surface area contributed by atoms with Crippen LogP contribution in [0.1, 0.15) is 17.8 Å². The first-order chi connectivity index (χ1) is 13.9. The van der Waals surface area contributed by atoms with Crippen LogP contribution in [0.25, 0.3) is 16.6 Å². The maximum absolute atomic E-state index is 13.1. The van der Waals surface area contributed by atoms with Crippen LogP contribution in [0.5, 0.6) is 0 Å². The number of carbonyl (C=O) groups excluding carboxylic acids is 2. The summed E-state index contributed by atoms with van der Waals surface area (Å²) in [4.78, 5) is 42.7. The van der Waals surface area contributed by atoms with Crippen molar-refractivity contribution in [3.8, 4) is 5.69 Å². The van der Waals surface area contributed by atoms with Gasteiger partial charge in [-0.1, -0.05) is 29.8 Å². The highest BCUT2D eigenvalue weighted by atomic mass is 16.5. The lowest BCUT2D eigenvalue weighted by molar-refractivity contribution is -0.151. The van der Waals surface area contributed by atoms with Crippen molar-refractivity contribution in [2.24, 2.45) is 0 Å². The smallest absolute Gasteiger partial charge is 0.306 e. The van der Waals surface area contributed by atoms with Gasteiger partial charge in [-0.25, -0.2) is 4.98 Å². The number of hydrogen-bond donors (Lipinski definition) is 0. The molecule has 0 spiro atoms. The molecular weight excluding hydrogens is 370 g/mol. The van der Waals surface area contributed by atoms with Crippen LogP contribution in [0.3, 0.4) is 0 Å². The first-order valence-corrected chi connectivity index (χ1v) is 9.30. The van der Waals surface area contributed by atoms with Gasteiger partial charge in [-0.3, -0.25) is 19.0 Å². The van der Waals surface area contributed by atoms with Gasteiger partial charge >= 0.3 is 5.97 Å². The number of hydrogen-bond acceptors (Lipinski definition) is 5. The Bertz CT molecular complexity index is 1100. The molecule has 0 atom stereocenters. The minimum absolute atomic E-state index is 0.0113. The third kappa shape index (κ3) is 4.68. The van der Waals surface area contributed by atoms with Gasteiger partial charge in [0.1, 0.15) is 5.82 Å². The number of para-hydroxylation sites is 1. The normalized spacial score (nSPS) is 10.7. The fraction of sp³-hybridized carbons (Fsp3) is 0.273. The minimum atomic E-state index is -0.516. The van der Waals surface area contributed by atoms with Gasteiger partial charge in [-0.2, -0.15) is 0 Å². The Morgan fingerprint density at radius 2 is 1.76 bits per heavy atom. The van der Waals surface area contributed by atoms with E-state index in [4.69, 9.17) is 4.74 Å². The lowest BCUT2D eigenvalue weighted by atomic mass is 10.2. The van der Waals surface area contributed by atoms with Crippen LogP contribution in [0, 0.1) is 6.92 Å². The number of ether oxygens (including phenoxy) is 1. The zero-order valence-electron chi connectivity index (χ0n) is 16.7. The van der Waals surface area contributed by atoms with Crippen LogP contribution in [-0.4, -0.2) is 47.0 Å². The van der Waals surface area contributed by atoms with E-state index in [1.807, 2.05) is 37.3 Å². The van der Waals surface area contributed by atoms with Crippen molar-refractivity contribution >= 4 is 22.8 Å². The summed E-state index contributed by atoms with van der Waals surface area (Å²) in [5, 5.41) is 0.510. The van der Waals surface area contributed by atoms with Gasteiger partial charge in [-0.05, 0) is 31.2 Å². The molecule has 1 heterocycles. The molecule has 0 saturated carbocycles. The molecule has 1 amide bonds. The van der Waals surface area contributed by atoms with Crippen LogP contribution in [0.4, 0.5) is 0 Å². The molecule has 0 fully saturated rings. The second-order valence-corrected chi connectivity index (χ2v) is 6.97. The number of nitrogens with zero attached hydrogens (tertiary/aromatic N) is 3. The molecule has 29 heavy (non-hydrogen) atoms. The molecule has 0 bridgehead atoms. The van der Waals surface area contributed by atoms with Crippen LogP contribution in [0.2, 0.25) is 0 Å². The quantitative estimate of drug-likeness (QED) is 0.600. The van der Waals surface area contributed by atoms with Gasteiger partial charge in [0.15, 0.2) is 6.61 Å². The first kappa shape index (κ1) is 20.3. The Hall–Kier alpha value is -3.48. The molecule has 2 aromatic carbocycles. The summed E-state index contributed by atoms with van der Waals surface area (Å²) in [5.74, 6) is -0.342. The molecule has 0 radical (unpaired) electrons. The summed E-state index contributed by atoms with van der Waals surface area (Å²) in [7, 11) is 3.19. The molecule has 0 aliphatic carbocycles. The molecule has 1 aromatic heterocycles. The van der Waals surface area contributed by atoms with E-state index in [0.29, 0.717) is 22.4 Å². The largest absolute Gasteiger partial charge is 0.456 e. The first-order valence-electron chi connectivity index (χ1n) is 9.30. The molecule has 3 rings (SSSR count). The fourth-order valence-corrected chi connectivity index (χ4v) is 2.86. The predicted molar refractivity (Wildman–Crippen MR) is 110 cm³/mol. The van der Waals surface area contributed by atoms with Crippen molar-refractivity contribution in [3.63, 3.8) is 0 Å². The molecule has 0 aliphatic heterocycles. The van der Waals surface area contributed by atoms with E-state index in [-0.39, 0.29) is 30.9 Å². The second kappa shape index (κ2) is 8.68. The van der Waals surface area contributed by atoms with E-state index in [9.17, 15) is 14.4 Å². The molecule has 0 N–H and O–H groups in total. The van der Waals surface area contributed by atoms with Crippen LogP contribution in [-0.2, 0) is 20.7 Å². The SMILES string of the molecule is Cc1ccc(-n2c(CCC(=O)OCC(=O)N(C)C)nc3ccccc3c2=O)cc1. The summed E-state index contributed by atoms with van der Waals surface area (Å²) in [6, 6.07) is 14.7. The number of amides is 1. The topological polar surface area (TPSA) is 81.5 Å². The molecule has 0 saturated heterocycles. The molecule has 7 nitrogen and oxygen atoms in total. The zero-order chi connectivity index (χ0) is 21.0. The average molecular weight is 393 g/mol. The summed E-state index contributed by atoms with van der Waals surface area (Å²) < 4.78 is 6.55. The number of rotatable bonds is 6. The van der Waals surface area contributed by atoms with E-state index in [1.54, 1.807) is 32.3 Å². The highest BCUT2D eigenvalue weighted by molar-refractivity contribution is 5.80. The average Bonchev–Trinajstić information content (AvgIpc) is 2.71. The molecule has 150 valence electrons. The number of fused-ring (bicyclic) bond motifs is 1. The highest BCUT2D eigenvalue weighted by Crippen LogP contribution is 2.15. The molecule has 0 aliphatic rings. The number of esters is 1. The summed E-state index contributed by atoms with van der Waals surface area (Å²) in [5.41, 5.74) is 2.15. The van der Waals surface area contributed by atoms with E-state index >= 15 is 0 Å². The van der Waals surface area contributed by atoms with Crippen molar-refractivity contribution in [3.05, 3.63) is 70.3 Å². The second-order valence-electron chi connectivity index (χ2n) is 6.97. The number of likely N-dealkylation sites (N-methyl/N-ethyl adjacent to an activating group) is 1. The Labute approximate surface area is 168 Å². The third-order valence-corrected chi connectivity index (χ3v) is 4.55. The van der Waals surface area contributed by atoms with E-state index in [0.717, 1.165) is 5.56 Å². The minimum Gasteiger partial charge on any atom is -0.456 e. The van der Waals surface area contributed by atoms with Crippen LogP contribution >= 0.6 is 0 Å². The van der Waals surface area contributed by atoms with Crippen molar-refractivity contribution in [1.29, 1.82) is 0 Å². The molecule has 0 unspecified atom stereocenters. The number of benzene rings is 2. The Kier molecular flexibility index (Phi) is 6.07. The maximum Gasteiger partial charge on any atom is 0.306 e. The van der Waals surface area contributed by atoms with Crippen molar-refractivity contribution in [1.82, 2.24) is 14.5 Å². The van der Waals surface area contributed by atoms with Gasteiger partial charge in [0.05, 0.1) is 23.0 Å². The Morgan fingerprint density at radius 1 is 1.07 bits per heavy atom. The van der Waals surface area contributed by atoms with Gasteiger partial charge in [0.25, 0.3) is 11.5 Å². The standard InChI is InChI=1S/C22H23N3O4/c1-15-8-10-16(11-9-15)25-19(12-13-21(27)29-14-20(26)24(2)3)23-18-7-5-4-6-17(18)22(25)28/h4-11H,12-14H2,1-3H3. The summed E-state index contributed by atoms with van der Waals surface area (Å²) >= 11 is 0. The number of carbonyl (C=O) groups is 2. The Morgan fingerprint density at radius 3 is 2.45 bits per heavy atom. The van der Waals surface area contributed by atoms with Crippen molar-refractivity contribution in [2.75, 3.05) is 20.7 Å². The van der Waals surface area contributed by atoms with Gasteiger partial charge < -0.3 is 9.64 Å². The van der Waals surface area contributed by atoms with Gasteiger partial charge in [0, 0.05) is 20.5 Å². The summed E-state index contributed by atoms with van der Waals surface area (Å²) in [6.45, 7) is 1.67. The molecule has 3 aromatic rings. The number of aryl methyl sites for hydroxylation is 2. The monoisotopic (exact) mass is 393 g/mol. The molecule has 7 heteroatoms. The van der Waals surface area contributed by atoms with Gasteiger partial charge in [-0.15, -0.1) is 0 Å². The highest BCUT2D eigenvalue weighted by Gasteiger charge is 2.15. The molecular formula is C22H23N3O4. The lowest BCUT2D eigenvalue weighted by Crippen LogP contribution is -2.28. The van der Waals surface area contributed by atoms with Gasteiger partial charge in [0.2, 0.25) is 0 Å². The fourth-order valence-electron chi connectivity index (χ4n) is 2.86. The van der Waals surface area contributed by atoms with Crippen LogP contribution in [0.15, 0.2) is 53.3 Å². The van der Waals surface area contributed by atoms with E-state index in [2.05, 4.69) is 4.98 Å². The maximum atomic E-state index is 13.1. The van der Waals surface area contributed by atoms with Crippen molar-refractivity contribution < 1.29 is 14.3 Å². The third-order valence-electron chi connectivity index (χ3n) is 4.55. The van der Waals surface area contributed by atoms with E-state index in [1.165, 1.54) is 9.47 Å². The number of aromatic nitrogens is 2. The Balaban J connectivity index is 1.91. The summed E-state index contributed by atoms with van der Waals surface area (Å²) in [6.07, 6.45) is 0.223. The predicted octanol–water partition coefficient (Wildman–Crippen LogP) is 2.26.